The van der Waals surface area contributed by atoms with Crippen molar-refractivity contribution >= 4 is 16.1 Å². The first-order valence-electron chi connectivity index (χ1n) is 11.4. The Bertz CT molecular complexity index is 608. The second-order valence-electron chi connectivity index (χ2n) is 10.4. The van der Waals surface area contributed by atoms with Gasteiger partial charge in [0.2, 0.25) is 10.9 Å². The molecule has 0 radical (unpaired) electrons. The smallest absolute Gasteiger partial charge is 0.365 e. The van der Waals surface area contributed by atoms with Crippen molar-refractivity contribution in [2.75, 3.05) is 27.7 Å². The number of unbranched alkanes of at least 4 members (excludes halogenated alkanes) is 9. The van der Waals surface area contributed by atoms with Gasteiger partial charge in [-0.1, -0.05) is 85.5 Å². The van der Waals surface area contributed by atoms with Gasteiger partial charge >= 0.3 is 5.97 Å². The molecule has 0 amide bonds. The molecule has 0 saturated carbocycles. The van der Waals surface area contributed by atoms with Crippen LogP contribution in [0.15, 0.2) is 0 Å². The molecule has 7 nitrogen and oxygen atoms in total. The number of rotatable bonds is 16. The summed E-state index contributed by atoms with van der Waals surface area (Å²) in [5.74, 6) is -1.26. The minimum Gasteiger partial charge on any atom is -0.477 e. The lowest BCUT2D eigenvalue weighted by atomic mass is 9.80. The fourth-order valence-electron chi connectivity index (χ4n) is 4.33. The molecule has 0 rings (SSSR count). The van der Waals surface area contributed by atoms with Crippen LogP contribution in [-0.2, 0) is 14.9 Å². The standard InChI is InChI=1S/C22H46N2O5S/c1-8-9-10-11-12-13-14-15-16-17-18-23-22(21(2,3)4,30(27,28)29)19(20(25)26)24(5,6)7/h19,23H,8-18H2,1-7H3,(H-,25,26,27,28,29)/p+1. The van der Waals surface area contributed by atoms with E-state index < -0.39 is 32.4 Å². The maximum Gasteiger partial charge on any atom is 0.365 e. The van der Waals surface area contributed by atoms with E-state index >= 15 is 0 Å². The number of likely N-dealkylation sites (N-methyl/N-ethyl adjacent to an activating group) is 1. The molecule has 2 unspecified atom stereocenters. The normalized spacial score (nSPS) is 16.3. The molecule has 0 aromatic rings. The summed E-state index contributed by atoms with van der Waals surface area (Å²) < 4.78 is 35.4. The van der Waals surface area contributed by atoms with Crippen molar-refractivity contribution in [1.29, 1.82) is 0 Å². The van der Waals surface area contributed by atoms with Gasteiger partial charge < -0.3 is 9.59 Å². The van der Waals surface area contributed by atoms with Gasteiger partial charge in [0.25, 0.3) is 10.1 Å². The molecule has 0 saturated heterocycles. The van der Waals surface area contributed by atoms with E-state index in [-0.39, 0.29) is 4.48 Å². The van der Waals surface area contributed by atoms with Crippen molar-refractivity contribution < 1.29 is 27.4 Å². The van der Waals surface area contributed by atoms with Crippen molar-refractivity contribution in [1.82, 2.24) is 5.32 Å². The fraction of sp³-hybridized carbons (Fsp3) is 0.955. The first-order valence-corrected chi connectivity index (χ1v) is 12.8. The number of quaternary nitrogens is 1. The minimum absolute atomic E-state index is 0.141. The van der Waals surface area contributed by atoms with E-state index in [0.29, 0.717) is 6.54 Å². The molecule has 2 atom stereocenters. The van der Waals surface area contributed by atoms with Gasteiger partial charge in [0.15, 0.2) is 0 Å². The zero-order chi connectivity index (χ0) is 23.6. The molecule has 8 heteroatoms. The van der Waals surface area contributed by atoms with E-state index in [9.17, 15) is 22.9 Å². The largest absolute Gasteiger partial charge is 0.477 e. The highest BCUT2D eigenvalue weighted by Gasteiger charge is 2.65. The van der Waals surface area contributed by atoms with Crippen molar-refractivity contribution in [3.05, 3.63) is 0 Å². The summed E-state index contributed by atoms with van der Waals surface area (Å²) >= 11 is 0. The predicted molar refractivity (Wildman–Crippen MR) is 123 cm³/mol. The van der Waals surface area contributed by atoms with Crippen LogP contribution in [0.3, 0.4) is 0 Å². The Labute approximate surface area is 185 Å². The highest BCUT2D eigenvalue weighted by Crippen LogP contribution is 2.41. The second kappa shape index (κ2) is 12.4. The SMILES string of the molecule is CCCCCCCCCCCCNC(C(C(=O)O)[N+](C)(C)C)(C(C)(C)C)S(=O)(=O)O. The third-order valence-corrected chi connectivity index (χ3v) is 7.63. The van der Waals surface area contributed by atoms with Crippen LogP contribution in [0, 0.1) is 5.41 Å². The van der Waals surface area contributed by atoms with Gasteiger partial charge in [-0.15, -0.1) is 0 Å². The van der Waals surface area contributed by atoms with Gasteiger partial charge in [-0.2, -0.15) is 8.42 Å². The van der Waals surface area contributed by atoms with Crippen LogP contribution in [-0.4, -0.2) is 67.1 Å². The highest BCUT2D eigenvalue weighted by molar-refractivity contribution is 7.87. The van der Waals surface area contributed by atoms with Crippen LogP contribution in [0.2, 0.25) is 0 Å². The zero-order valence-corrected chi connectivity index (χ0v) is 21.1. The summed E-state index contributed by atoms with van der Waals surface area (Å²) in [4.78, 5) is 10.1. The molecular formula is C22H47N2O5S+. The molecule has 0 aliphatic rings. The van der Waals surface area contributed by atoms with Gasteiger partial charge in [-0.05, 0) is 13.0 Å². The van der Waals surface area contributed by atoms with E-state index in [1.54, 1.807) is 41.9 Å². The lowest BCUT2D eigenvalue weighted by Gasteiger charge is -2.49. The summed E-state index contributed by atoms with van der Waals surface area (Å²) in [6.07, 6.45) is 11.5. The van der Waals surface area contributed by atoms with Gasteiger partial charge in [0, 0.05) is 5.41 Å². The maximum absolute atomic E-state index is 12.6. The van der Waals surface area contributed by atoms with Crippen LogP contribution >= 0.6 is 0 Å². The number of aliphatic carboxylic acids is 1. The van der Waals surface area contributed by atoms with Crippen molar-refractivity contribution in [3.63, 3.8) is 0 Å². The van der Waals surface area contributed by atoms with E-state index in [1.807, 2.05) is 0 Å². The van der Waals surface area contributed by atoms with Crippen molar-refractivity contribution in [2.45, 2.75) is 103 Å². The Kier molecular flexibility index (Phi) is 12.1. The van der Waals surface area contributed by atoms with Gasteiger partial charge in [-0.3, -0.25) is 9.87 Å². The van der Waals surface area contributed by atoms with Crippen molar-refractivity contribution in [3.8, 4) is 0 Å². The third kappa shape index (κ3) is 8.44. The van der Waals surface area contributed by atoms with Gasteiger partial charge in [0.1, 0.15) is 0 Å². The third-order valence-electron chi connectivity index (χ3n) is 5.83. The van der Waals surface area contributed by atoms with Gasteiger partial charge in [-0.25, -0.2) is 4.79 Å². The lowest BCUT2D eigenvalue weighted by Crippen LogP contribution is -2.76. The molecule has 3 N–H and O–H groups in total. The Hall–Kier alpha value is -0.700. The Morgan fingerprint density at radius 1 is 0.900 bits per heavy atom. The summed E-state index contributed by atoms with van der Waals surface area (Å²) in [6.45, 7) is 7.49. The molecule has 0 aliphatic carbocycles. The van der Waals surface area contributed by atoms with Crippen LogP contribution < -0.4 is 5.32 Å². The fourth-order valence-corrected chi connectivity index (χ4v) is 6.09. The summed E-state index contributed by atoms with van der Waals surface area (Å²) in [5.41, 5.74) is -1.05. The van der Waals surface area contributed by atoms with E-state index in [1.165, 1.54) is 38.5 Å². The topological polar surface area (TPSA) is 104 Å². The number of carboxylic acid groups (broad SMARTS) is 1. The van der Waals surface area contributed by atoms with Crippen molar-refractivity contribution in [2.24, 2.45) is 5.41 Å². The first kappa shape index (κ1) is 29.3. The number of nitrogens with one attached hydrogen (secondary N) is 1. The van der Waals surface area contributed by atoms with Crippen LogP contribution in [0.1, 0.15) is 91.9 Å². The molecule has 0 spiro atoms. The summed E-state index contributed by atoms with van der Waals surface area (Å²) in [7, 11) is 0.163. The minimum atomic E-state index is -4.73. The van der Waals surface area contributed by atoms with Crippen LogP contribution in [0.4, 0.5) is 0 Å². The predicted octanol–water partition coefficient (Wildman–Crippen LogP) is 4.29. The van der Waals surface area contributed by atoms with Crippen LogP contribution in [0.5, 0.6) is 0 Å². The average Bonchev–Trinajstić information content (AvgIpc) is 2.54. The average molecular weight is 452 g/mol. The number of nitrogens with zero attached hydrogens (tertiary/aromatic N) is 1. The number of hydrogen-bond acceptors (Lipinski definition) is 4. The molecule has 0 fully saturated rings. The molecule has 0 aromatic carbocycles. The molecule has 0 aromatic heterocycles. The molecule has 180 valence electrons. The first-order chi connectivity index (χ1) is 13.6. The Balaban J connectivity index is 5.07. The molecular weight excluding hydrogens is 404 g/mol. The second-order valence-corrected chi connectivity index (χ2v) is 12.0. The maximum atomic E-state index is 12.6. The summed E-state index contributed by atoms with van der Waals surface area (Å²) in [6, 6.07) is -1.38. The number of carbonyl (C=O) groups is 1. The lowest BCUT2D eigenvalue weighted by molar-refractivity contribution is -0.891. The highest BCUT2D eigenvalue weighted by atomic mass is 32.2. The number of hydrogen-bond donors (Lipinski definition) is 3. The Morgan fingerprint density at radius 2 is 1.30 bits per heavy atom. The quantitative estimate of drug-likeness (QED) is 0.184. The van der Waals surface area contributed by atoms with E-state index in [0.717, 1.165) is 25.7 Å². The number of carboxylic acids is 1. The zero-order valence-electron chi connectivity index (χ0n) is 20.3. The Morgan fingerprint density at radius 3 is 1.60 bits per heavy atom. The molecule has 30 heavy (non-hydrogen) atoms. The summed E-state index contributed by atoms with van der Waals surface area (Å²) in [5, 5.41) is 12.9. The molecule has 0 heterocycles. The van der Waals surface area contributed by atoms with E-state index in [4.69, 9.17) is 0 Å². The molecule has 0 aliphatic heterocycles. The monoisotopic (exact) mass is 451 g/mol. The van der Waals surface area contributed by atoms with Gasteiger partial charge in [0.05, 0.1) is 21.1 Å². The molecule has 0 bridgehead atoms. The van der Waals surface area contributed by atoms with Crippen LogP contribution in [0.25, 0.3) is 0 Å². The van der Waals surface area contributed by atoms with E-state index in [2.05, 4.69) is 12.2 Å².